The fourth-order valence-electron chi connectivity index (χ4n) is 1.59. The normalized spacial score (nSPS) is 10.2. The van der Waals surface area contributed by atoms with Gasteiger partial charge in [0.2, 0.25) is 5.75 Å². The van der Waals surface area contributed by atoms with E-state index in [1.54, 1.807) is 18.2 Å². The monoisotopic (exact) mass is 245 g/mol. The van der Waals surface area contributed by atoms with Crippen molar-refractivity contribution in [1.82, 2.24) is 0 Å². The Balaban J connectivity index is 2.50. The topological polar surface area (TPSA) is 104 Å². The van der Waals surface area contributed by atoms with Gasteiger partial charge in [0.25, 0.3) is 0 Å². The maximum absolute atomic E-state index is 12.1. The van der Waals surface area contributed by atoms with Gasteiger partial charge in [-0.15, -0.1) is 0 Å². The number of hydrogen-bond acceptors (Lipinski definition) is 5. The van der Waals surface area contributed by atoms with Crippen LogP contribution in [-0.4, -0.2) is 21.1 Å². The lowest BCUT2D eigenvalue weighted by atomic mass is 10.0. The number of nitrogens with two attached hydrogens (primary N) is 1. The van der Waals surface area contributed by atoms with Crippen molar-refractivity contribution in [3.63, 3.8) is 0 Å². The summed E-state index contributed by atoms with van der Waals surface area (Å²) in [5.41, 5.74) is 6.17. The van der Waals surface area contributed by atoms with Crippen LogP contribution in [0, 0.1) is 0 Å². The first kappa shape index (κ1) is 11.8. The third kappa shape index (κ3) is 1.93. The predicted octanol–water partition coefficient (Wildman–Crippen LogP) is 1.62. The van der Waals surface area contributed by atoms with Crippen LogP contribution >= 0.6 is 0 Å². The van der Waals surface area contributed by atoms with Crippen molar-refractivity contribution in [2.75, 3.05) is 5.73 Å². The molecule has 0 spiro atoms. The molecule has 0 bridgehead atoms. The van der Waals surface area contributed by atoms with Crippen LogP contribution in [0.25, 0.3) is 0 Å². The van der Waals surface area contributed by atoms with Gasteiger partial charge in [-0.05, 0) is 24.3 Å². The summed E-state index contributed by atoms with van der Waals surface area (Å²) >= 11 is 0. The maximum atomic E-state index is 12.1. The summed E-state index contributed by atoms with van der Waals surface area (Å²) in [4.78, 5) is 12.1. The van der Waals surface area contributed by atoms with E-state index in [4.69, 9.17) is 5.73 Å². The maximum Gasteiger partial charge on any atom is 0.201 e. The highest BCUT2D eigenvalue weighted by atomic mass is 16.3. The molecule has 92 valence electrons. The predicted molar refractivity (Wildman–Crippen MR) is 65.7 cm³/mol. The van der Waals surface area contributed by atoms with Crippen LogP contribution in [0.3, 0.4) is 0 Å². The summed E-state index contributed by atoms with van der Waals surface area (Å²) < 4.78 is 0. The first-order valence-corrected chi connectivity index (χ1v) is 5.15. The lowest BCUT2D eigenvalue weighted by Gasteiger charge is -2.07. The number of rotatable bonds is 2. The van der Waals surface area contributed by atoms with Gasteiger partial charge in [0.1, 0.15) is 0 Å². The Morgan fingerprint density at radius 1 is 1.00 bits per heavy atom. The summed E-state index contributed by atoms with van der Waals surface area (Å²) in [6.45, 7) is 0. The molecule has 0 unspecified atom stereocenters. The van der Waals surface area contributed by atoms with E-state index in [9.17, 15) is 20.1 Å². The van der Waals surface area contributed by atoms with Gasteiger partial charge in [0, 0.05) is 11.3 Å². The Labute approximate surface area is 103 Å². The zero-order valence-corrected chi connectivity index (χ0v) is 9.29. The smallest absolute Gasteiger partial charge is 0.201 e. The van der Waals surface area contributed by atoms with Gasteiger partial charge >= 0.3 is 0 Å². The fraction of sp³-hybridized carbons (Fsp3) is 0. The van der Waals surface area contributed by atoms with Crippen LogP contribution in [0.15, 0.2) is 36.4 Å². The molecule has 0 aliphatic carbocycles. The molecule has 5 heteroatoms. The fourth-order valence-corrected chi connectivity index (χ4v) is 1.59. The standard InChI is InChI=1S/C13H11NO4/c14-8-3-1-2-7(6-8)11(16)9-4-5-10(15)13(18)12(9)17/h1-6,15,17-18H,14H2. The molecule has 2 rings (SSSR count). The zero-order valence-electron chi connectivity index (χ0n) is 9.29. The van der Waals surface area contributed by atoms with Crippen LogP contribution in [0.1, 0.15) is 15.9 Å². The highest BCUT2D eigenvalue weighted by molar-refractivity contribution is 6.11. The van der Waals surface area contributed by atoms with Crippen molar-refractivity contribution >= 4 is 11.5 Å². The summed E-state index contributed by atoms with van der Waals surface area (Å²) in [5.74, 6) is -2.35. The number of aromatic hydroxyl groups is 3. The lowest BCUT2D eigenvalue weighted by Crippen LogP contribution is -2.02. The SMILES string of the molecule is Nc1cccc(C(=O)c2ccc(O)c(O)c2O)c1. The Morgan fingerprint density at radius 2 is 1.72 bits per heavy atom. The number of phenols is 3. The lowest BCUT2D eigenvalue weighted by molar-refractivity contribution is 0.103. The molecule has 5 nitrogen and oxygen atoms in total. The number of hydrogen-bond donors (Lipinski definition) is 4. The Hall–Kier alpha value is -2.69. The molecule has 0 saturated heterocycles. The highest BCUT2D eigenvalue weighted by Gasteiger charge is 2.18. The molecule has 0 aliphatic heterocycles. The minimum absolute atomic E-state index is 0.101. The molecule has 18 heavy (non-hydrogen) atoms. The van der Waals surface area contributed by atoms with E-state index in [0.29, 0.717) is 5.69 Å². The largest absolute Gasteiger partial charge is 0.504 e. The van der Waals surface area contributed by atoms with Crippen LogP contribution in [-0.2, 0) is 0 Å². The third-order valence-corrected chi connectivity index (χ3v) is 2.52. The second kappa shape index (κ2) is 4.29. The second-order valence-corrected chi connectivity index (χ2v) is 3.78. The van der Waals surface area contributed by atoms with Gasteiger partial charge in [-0.1, -0.05) is 12.1 Å². The summed E-state index contributed by atoms with van der Waals surface area (Å²) in [5, 5.41) is 28.2. The summed E-state index contributed by atoms with van der Waals surface area (Å²) in [6, 6.07) is 8.61. The molecule has 0 atom stereocenters. The molecule has 0 aromatic heterocycles. The summed E-state index contributed by atoms with van der Waals surface area (Å²) in [7, 11) is 0. The third-order valence-electron chi connectivity index (χ3n) is 2.52. The molecule has 0 amide bonds. The molecule has 0 saturated carbocycles. The average molecular weight is 245 g/mol. The first-order chi connectivity index (χ1) is 8.50. The van der Waals surface area contributed by atoms with E-state index in [2.05, 4.69) is 0 Å². The summed E-state index contributed by atoms with van der Waals surface area (Å²) in [6.07, 6.45) is 0. The number of phenolic OH excluding ortho intramolecular Hbond substituents is 3. The van der Waals surface area contributed by atoms with E-state index in [-0.39, 0.29) is 11.1 Å². The van der Waals surface area contributed by atoms with Gasteiger partial charge < -0.3 is 21.1 Å². The Kier molecular flexibility index (Phi) is 2.81. The number of benzene rings is 2. The number of ketones is 1. The molecule has 2 aromatic carbocycles. The van der Waals surface area contributed by atoms with Gasteiger partial charge in [-0.3, -0.25) is 4.79 Å². The quantitative estimate of drug-likeness (QED) is 0.365. The minimum atomic E-state index is -0.718. The molecule has 2 aromatic rings. The molecule has 0 heterocycles. The van der Waals surface area contributed by atoms with E-state index >= 15 is 0 Å². The first-order valence-electron chi connectivity index (χ1n) is 5.15. The van der Waals surface area contributed by atoms with E-state index in [1.165, 1.54) is 12.1 Å². The van der Waals surface area contributed by atoms with Crippen molar-refractivity contribution in [2.45, 2.75) is 0 Å². The van der Waals surface area contributed by atoms with E-state index < -0.39 is 23.0 Å². The molecule has 0 radical (unpaired) electrons. The van der Waals surface area contributed by atoms with E-state index in [1.807, 2.05) is 0 Å². The Morgan fingerprint density at radius 3 is 2.39 bits per heavy atom. The van der Waals surface area contributed by atoms with Crippen molar-refractivity contribution in [2.24, 2.45) is 0 Å². The van der Waals surface area contributed by atoms with Gasteiger partial charge in [0.05, 0.1) is 5.56 Å². The molecule has 0 aliphatic rings. The number of carbonyl (C=O) groups excluding carboxylic acids is 1. The molecular formula is C13H11NO4. The highest BCUT2D eigenvalue weighted by Crippen LogP contribution is 2.37. The number of carbonyl (C=O) groups is 1. The zero-order chi connectivity index (χ0) is 13.3. The average Bonchev–Trinajstić information content (AvgIpc) is 2.35. The second-order valence-electron chi connectivity index (χ2n) is 3.78. The number of nitrogen functional groups attached to an aromatic ring is 1. The van der Waals surface area contributed by atoms with Crippen LogP contribution in [0.4, 0.5) is 5.69 Å². The molecular weight excluding hydrogens is 234 g/mol. The van der Waals surface area contributed by atoms with E-state index in [0.717, 1.165) is 6.07 Å². The van der Waals surface area contributed by atoms with Crippen molar-refractivity contribution in [3.05, 3.63) is 47.5 Å². The molecule has 5 N–H and O–H groups in total. The van der Waals surface area contributed by atoms with Crippen molar-refractivity contribution in [1.29, 1.82) is 0 Å². The Bertz CT molecular complexity index is 622. The molecule has 0 fully saturated rings. The van der Waals surface area contributed by atoms with Crippen LogP contribution in [0.5, 0.6) is 17.2 Å². The van der Waals surface area contributed by atoms with Crippen molar-refractivity contribution in [3.8, 4) is 17.2 Å². The van der Waals surface area contributed by atoms with Gasteiger partial charge in [-0.2, -0.15) is 0 Å². The minimum Gasteiger partial charge on any atom is -0.504 e. The van der Waals surface area contributed by atoms with Crippen LogP contribution in [0.2, 0.25) is 0 Å². The van der Waals surface area contributed by atoms with Gasteiger partial charge in [0.15, 0.2) is 17.3 Å². The number of anilines is 1. The van der Waals surface area contributed by atoms with Crippen LogP contribution < -0.4 is 5.73 Å². The van der Waals surface area contributed by atoms with Gasteiger partial charge in [-0.25, -0.2) is 0 Å². The van der Waals surface area contributed by atoms with Crippen molar-refractivity contribution < 1.29 is 20.1 Å².